The molecule has 1 unspecified atom stereocenters. The fraction of sp³-hybridized carbons (Fsp3) is 0.500. The van der Waals surface area contributed by atoms with Crippen molar-refractivity contribution in [1.29, 1.82) is 0 Å². The van der Waals surface area contributed by atoms with Crippen molar-refractivity contribution >= 4 is 33.2 Å². The highest BCUT2D eigenvalue weighted by molar-refractivity contribution is 9.10. The van der Waals surface area contributed by atoms with Crippen LogP contribution in [0.5, 0.6) is 0 Å². The van der Waals surface area contributed by atoms with Gasteiger partial charge in [0.1, 0.15) is 6.10 Å². The summed E-state index contributed by atoms with van der Waals surface area (Å²) in [6, 6.07) is 2.02. The van der Waals surface area contributed by atoms with Crippen molar-refractivity contribution in [1.82, 2.24) is 4.90 Å². The Hall–Kier alpha value is -0.390. The predicted molar refractivity (Wildman–Crippen MR) is 65.0 cm³/mol. The number of carbonyl (C=O) groups is 1. The summed E-state index contributed by atoms with van der Waals surface area (Å²) in [4.78, 5) is 14.5. The van der Waals surface area contributed by atoms with Crippen LogP contribution in [0.25, 0.3) is 0 Å². The summed E-state index contributed by atoms with van der Waals surface area (Å²) in [6.45, 7) is 2.38. The number of rotatable bonds is 4. The summed E-state index contributed by atoms with van der Waals surface area (Å²) >= 11 is 5.02. The van der Waals surface area contributed by atoms with Crippen molar-refractivity contribution in [2.24, 2.45) is 0 Å². The first-order chi connectivity index (χ1) is 7.04. The molecule has 0 saturated carbocycles. The Morgan fingerprint density at radius 2 is 2.40 bits per heavy atom. The summed E-state index contributed by atoms with van der Waals surface area (Å²) in [5.41, 5.74) is 0. The van der Waals surface area contributed by atoms with Crippen LogP contribution >= 0.6 is 27.3 Å². The van der Waals surface area contributed by atoms with Crippen molar-refractivity contribution < 1.29 is 9.53 Å². The van der Waals surface area contributed by atoms with Crippen LogP contribution in [-0.4, -0.2) is 31.1 Å². The first-order valence-corrected chi connectivity index (χ1v) is 6.22. The van der Waals surface area contributed by atoms with Crippen molar-refractivity contribution in [2.45, 2.75) is 19.6 Å². The van der Waals surface area contributed by atoms with Gasteiger partial charge < -0.3 is 9.64 Å². The number of hydrogen-bond acceptors (Lipinski definition) is 3. The standard InChI is InChI=1S/C10H14BrNO2S/c1-7(14-3)10(13)12(2)5-9-4-8(11)6-15-9/h4,6-7H,5H2,1-3H3. The molecule has 0 aromatic carbocycles. The van der Waals surface area contributed by atoms with Crippen LogP contribution in [0.15, 0.2) is 15.9 Å². The fourth-order valence-electron chi connectivity index (χ4n) is 1.16. The first kappa shape index (κ1) is 12.7. The van der Waals surface area contributed by atoms with Crippen LogP contribution in [0.4, 0.5) is 0 Å². The zero-order chi connectivity index (χ0) is 11.4. The normalized spacial score (nSPS) is 12.5. The molecule has 1 heterocycles. The van der Waals surface area contributed by atoms with Gasteiger partial charge in [-0.15, -0.1) is 11.3 Å². The summed E-state index contributed by atoms with van der Waals surface area (Å²) in [6.07, 6.45) is -0.376. The van der Waals surface area contributed by atoms with E-state index < -0.39 is 0 Å². The Bertz CT molecular complexity index is 340. The largest absolute Gasteiger partial charge is 0.372 e. The molecule has 0 fully saturated rings. The highest BCUT2D eigenvalue weighted by Crippen LogP contribution is 2.21. The minimum Gasteiger partial charge on any atom is -0.372 e. The van der Waals surface area contributed by atoms with Gasteiger partial charge in [-0.1, -0.05) is 0 Å². The number of thiophene rings is 1. The second-order valence-electron chi connectivity index (χ2n) is 3.30. The number of methoxy groups -OCH3 is 1. The molecule has 5 heteroatoms. The number of nitrogens with zero attached hydrogens (tertiary/aromatic N) is 1. The molecular weight excluding hydrogens is 278 g/mol. The van der Waals surface area contributed by atoms with Gasteiger partial charge in [0, 0.05) is 28.9 Å². The average molecular weight is 292 g/mol. The van der Waals surface area contributed by atoms with Crippen LogP contribution in [0, 0.1) is 0 Å². The SMILES string of the molecule is COC(C)C(=O)N(C)Cc1cc(Br)cs1. The molecule has 1 aromatic rings. The lowest BCUT2D eigenvalue weighted by atomic mass is 10.3. The van der Waals surface area contributed by atoms with E-state index in [1.165, 1.54) is 7.11 Å². The molecule has 0 aliphatic carbocycles. The van der Waals surface area contributed by atoms with Gasteiger partial charge in [-0.25, -0.2) is 0 Å². The third-order valence-corrected chi connectivity index (χ3v) is 3.77. The zero-order valence-corrected chi connectivity index (χ0v) is 11.4. The van der Waals surface area contributed by atoms with Crippen molar-refractivity contribution in [3.05, 3.63) is 20.8 Å². The third-order valence-electron chi connectivity index (χ3n) is 2.09. The zero-order valence-electron chi connectivity index (χ0n) is 8.99. The van der Waals surface area contributed by atoms with Crippen molar-refractivity contribution in [3.8, 4) is 0 Å². The fourth-order valence-corrected chi connectivity index (χ4v) is 2.66. The van der Waals surface area contributed by atoms with E-state index in [-0.39, 0.29) is 12.0 Å². The molecule has 84 valence electrons. The summed E-state index contributed by atoms with van der Waals surface area (Å²) in [5.74, 6) is 0.00187. The Balaban J connectivity index is 2.55. The molecule has 0 spiro atoms. The average Bonchev–Trinajstić information content (AvgIpc) is 2.61. The van der Waals surface area contributed by atoms with Gasteiger partial charge in [-0.05, 0) is 28.9 Å². The van der Waals surface area contributed by atoms with Crippen LogP contribution in [0.3, 0.4) is 0 Å². The lowest BCUT2D eigenvalue weighted by molar-refractivity contribution is -0.140. The Labute approximate surface area is 102 Å². The van der Waals surface area contributed by atoms with Gasteiger partial charge in [-0.2, -0.15) is 0 Å². The number of ether oxygens (including phenoxy) is 1. The quantitative estimate of drug-likeness (QED) is 0.853. The molecule has 0 aliphatic rings. The maximum Gasteiger partial charge on any atom is 0.251 e. The first-order valence-electron chi connectivity index (χ1n) is 4.55. The van der Waals surface area contributed by atoms with E-state index in [2.05, 4.69) is 15.9 Å². The van der Waals surface area contributed by atoms with E-state index >= 15 is 0 Å². The lowest BCUT2D eigenvalue weighted by Gasteiger charge is -2.19. The molecule has 1 aromatic heterocycles. The van der Waals surface area contributed by atoms with Gasteiger partial charge in [-0.3, -0.25) is 4.79 Å². The molecule has 3 nitrogen and oxygen atoms in total. The number of amides is 1. The van der Waals surface area contributed by atoms with Crippen LogP contribution in [-0.2, 0) is 16.1 Å². The molecule has 0 radical (unpaired) electrons. The van der Waals surface area contributed by atoms with Crippen LogP contribution in [0.2, 0.25) is 0 Å². The lowest BCUT2D eigenvalue weighted by Crippen LogP contribution is -2.35. The minimum absolute atomic E-state index is 0.00187. The molecular formula is C10H14BrNO2S. The number of halogens is 1. The monoisotopic (exact) mass is 291 g/mol. The predicted octanol–water partition coefficient (Wildman–Crippen LogP) is 2.50. The van der Waals surface area contributed by atoms with Gasteiger partial charge in [0.15, 0.2) is 0 Å². The van der Waals surface area contributed by atoms with Crippen LogP contribution < -0.4 is 0 Å². The van der Waals surface area contributed by atoms with Gasteiger partial charge in [0.2, 0.25) is 0 Å². The second-order valence-corrected chi connectivity index (χ2v) is 5.21. The molecule has 1 rings (SSSR count). The van der Waals surface area contributed by atoms with E-state index in [0.717, 1.165) is 9.35 Å². The van der Waals surface area contributed by atoms with E-state index in [9.17, 15) is 4.79 Å². The highest BCUT2D eigenvalue weighted by Gasteiger charge is 2.17. The maximum atomic E-state index is 11.7. The summed E-state index contributed by atoms with van der Waals surface area (Å²) < 4.78 is 6.04. The van der Waals surface area contributed by atoms with E-state index in [1.54, 1.807) is 30.2 Å². The number of hydrogen-bond donors (Lipinski definition) is 0. The molecule has 0 aliphatic heterocycles. The van der Waals surface area contributed by atoms with E-state index in [1.807, 2.05) is 11.4 Å². The topological polar surface area (TPSA) is 29.5 Å². The second kappa shape index (κ2) is 5.63. The smallest absolute Gasteiger partial charge is 0.251 e. The van der Waals surface area contributed by atoms with Gasteiger partial charge in [0.05, 0.1) is 6.54 Å². The molecule has 15 heavy (non-hydrogen) atoms. The van der Waals surface area contributed by atoms with Crippen molar-refractivity contribution in [2.75, 3.05) is 14.2 Å². The summed E-state index contributed by atoms with van der Waals surface area (Å²) in [7, 11) is 3.32. The third kappa shape index (κ3) is 3.59. The Kier molecular flexibility index (Phi) is 4.76. The number of likely N-dealkylation sites (N-methyl/N-ethyl adjacent to an activating group) is 1. The molecule has 0 saturated heterocycles. The summed E-state index contributed by atoms with van der Waals surface area (Å²) in [5, 5.41) is 2.01. The van der Waals surface area contributed by atoms with Gasteiger partial charge >= 0.3 is 0 Å². The van der Waals surface area contributed by atoms with Crippen molar-refractivity contribution in [3.63, 3.8) is 0 Å². The number of carbonyl (C=O) groups excluding carboxylic acids is 1. The molecule has 1 amide bonds. The highest BCUT2D eigenvalue weighted by atomic mass is 79.9. The molecule has 0 bridgehead atoms. The van der Waals surface area contributed by atoms with E-state index in [4.69, 9.17) is 4.74 Å². The molecule has 0 N–H and O–H groups in total. The maximum absolute atomic E-state index is 11.7. The van der Waals surface area contributed by atoms with Gasteiger partial charge in [0.25, 0.3) is 5.91 Å². The van der Waals surface area contributed by atoms with E-state index in [0.29, 0.717) is 6.54 Å². The molecule has 1 atom stereocenters. The Morgan fingerprint density at radius 3 is 2.87 bits per heavy atom. The minimum atomic E-state index is -0.376. The Morgan fingerprint density at radius 1 is 1.73 bits per heavy atom. The van der Waals surface area contributed by atoms with Crippen LogP contribution in [0.1, 0.15) is 11.8 Å².